The lowest BCUT2D eigenvalue weighted by atomic mass is 10.1. The number of nitrogens with zero attached hydrogens (tertiary/aromatic N) is 3. The molecule has 3 aromatic rings. The highest BCUT2D eigenvalue weighted by molar-refractivity contribution is 5.94. The van der Waals surface area contributed by atoms with Crippen molar-refractivity contribution >= 4 is 23.3 Å². The summed E-state index contributed by atoms with van der Waals surface area (Å²) in [5.41, 5.74) is 13.3. The van der Waals surface area contributed by atoms with Gasteiger partial charge in [0, 0.05) is 29.9 Å². The lowest BCUT2D eigenvalue weighted by Gasteiger charge is -2.24. The molecule has 9 heteroatoms. The number of anilines is 1. The van der Waals surface area contributed by atoms with E-state index in [-0.39, 0.29) is 11.7 Å². The molecule has 6 N–H and O–H groups in total. The number of hydrogen-bond donors (Lipinski definition) is 4. The van der Waals surface area contributed by atoms with Crippen molar-refractivity contribution in [1.29, 1.82) is 0 Å². The van der Waals surface area contributed by atoms with E-state index in [0.717, 1.165) is 25.9 Å². The highest BCUT2D eigenvalue weighted by Crippen LogP contribution is 2.25. The minimum atomic E-state index is -0.599. The molecule has 28 heavy (non-hydrogen) atoms. The molecule has 1 aliphatic rings. The van der Waals surface area contributed by atoms with Crippen molar-refractivity contribution in [3.8, 4) is 11.3 Å². The predicted octanol–water partition coefficient (Wildman–Crippen LogP) is 0.758. The first-order chi connectivity index (χ1) is 13.5. The monoisotopic (exact) mass is 379 g/mol. The van der Waals surface area contributed by atoms with Gasteiger partial charge in [-0.05, 0) is 31.5 Å². The van der Waals surface area contributed by atoms with E-state index in [2.05, 4.69) is 20.6 Å². The van der Waals surface area contributed by atoms with Gasteiger partial charge >= 0.3 is 0 Å². The molecule has 1 fully saturated rings. The minimum Gasteiger partial charge on any atom is -0.366 e. The number of aromatic nitrogens is 3. The number of primary amides is 2. The van der Waals surface area contributed by atoms with Crippen LogP contribution in [0, 0.1) is 0 Å². The third-order valence-corrected chi connectivity index (χ3v) is 4.83. The zero-order valence-corrected chi connectivity index (χ0v) is 15.2. The first kappa shape index (κ1) is 17.9. The number of nitrogens with one attached hydrogen (secondary N) is 2. The molecule has 2 amide bonds. The van der Waals surface area contributed by atoms with E-state index < -0.39 is 11.8 Å². The van der Waals surface area contributed by atoms with E-state index in [1.165, 1.54) is 6.20 Å². The fraction of sp³-hybridized carbons (Fsp3) is 0.263. The average Bonchev–Trinajstić information content (AvgIpc) is 3.14. The summed E-state index contributed by atoms with van der Waals surface area (Å²) in [4.78, 5) is 32.4. The van der Waals surface area contributed by atoms with Crippen LogP contribution in [0.1, 0.15) is 33.7 Å². The summed E-state index contributed by atoms with van der Waals surface area (Å²) in [5.74, 6) is -0.536. The fourth-order valence-electron chi connectivity index (χ4n) is 3.40. The molecule has 0 unspecified atom stereocenters. The second-order valence-electron chi connectivity index (χ2n) is 6.81. The van der Waals surface area contributed by atoms with Crippen molar-refractivity contribution < 1.29 is 9.59 Å². The maximum Gasteiger partial charge on any atom is 0.267 e. The fourth-order valence-corrected chi connectivity index (χ4v) is 3.40. The van der Waals surface area contributed by atoms with Crippen LogP contribution in [0.2, 0.25) is 0 Å². The number of piperidine rings is 1. The van der Waals surface area contributed by atoms with E-state index in [9.17, 15) is 9.59 Å². The van der Waals surface area contributed by atoms with Gasteiger partial charge in [-0.2, -0.15) is 0 Å². The second-order valence-corrected chi connectivity index (χ2v) is 6.81. The highest BCUT2D eigenvalue weighted by atomic mass is 16.1. The molecule has 1 atom stereocenters. The van der Waals surface area contributed by atoms with Crippen molar-refractivity contribution in [1.82, 2.24) is 19.7 Å². The summed E-state index contributed by atoms with van der Waals surface area (Å²) in [6.45, 7) is 1.84. The molecule has 2 aromatic heterocycles. The van der Waals surface area contributed by atoms with Gasteiger partial charge in [-0.15, -0.1) is 0 Å². The van der Waals surface area contributed by atoms with Crippen molar-refractivity contribution in [2.75, 3.05) is 18.4 Å². The van der Waals surface area contributed by atoms with Crippen LogP contribution in [-0.2, 0) is 0 Å². The molecular formula is C19H21N7O2. The van der Waals surface area contributed by atoms with E-state index in [4.69, 9.17) is 11.5 Å². The highest BCUT2D eigenvalue weighted by Gasteiger charge is 2.19. The molecule has 144 valence electrons. The molecule has 3 heterocycles. The molecule has 0 radical (unpaired) electrons. The lowest BCUT2D eigenvalue weighted by Crippen LogP contribution is -2.38. The van der Waals surface area contributed by atoms with Gasteiger partial charge in [0.2, 0.25) is 5.91 Å². The topological polar surface area (TPSA) is 140 Å². The number of carbonyl (C=O) groups excluding carboxylic acids is 2. The van der Waals surface area contributed by atoms with E-state index >= 15 is 0 Å². The number of hydrogen-bond acceptors (Lipinski definition) is 6. The lowest BCUT2D eigenvalue weighted by molar-refractivity contribution is 0.0988. The Hall–Kier alpha value is -3.46. The maximum atomic E-state index is 11.8. The van der Waals surface area contributed by atoms with Gasteiger partial charge in [0.1, 0.15) is 5.69 Å². The Morgan fingerprint density at radius 2 is 2.11 bits per heavy atom. The predicted molar refractivity (Wildman–Crippen MR) is 105 cm³/mol. The van der Waals surface area contributed by atoms with Crippen LogP contribution in [-0.4, -0.2) is 45.3 Å². The largest absolute Gasteiger partial charge is 0.366 e. The number of amides is 2. The molecule has 4 rings (SSSR count). The van der Waals surface area contributed by atoms with Gasteiger partial charge in [0.05, 0.1) is 11.9 Å². The van der Waals surface area contributed by atoms with E-state index in [1.54, 1.807) is 28.8 Å². The van der Waals surface area contributed by atoms with Crippen LogP contribution in [0.15, 0.2) is 36.7 Å². The number of carbonyl (C=O) groups is 2. The van der Waals surface area contributed by atoms with Gasteiger partial charge in [-0.1, -0.05) is 12.1 Å². The van der Waals surface area contributed by atoms with Crippen LogP contribution in [0.25, 0.3) is 16.9 Å². The summed E-state index contributed by atoms with van der Waals surface area (Å²) in [5, 5.41) is 6.75. The summed E-state index contributed by atoms with van der Waals surface area (Å²) < 4.78 is 1.63. The smallest absolute Gasteiger partial charge is 0.267 e. The number of benzene rings is 1. The third-order valence-electron chi connectivity index (χ3n) is 4.83. The molecule has 0 saturated carbocycles. The molecule has 9 nitrogen and oxygen atoms in total. The van der Waals surface area contributed by atoms with Crippen LogP contribution in [0.3, 0.4) is 0 Å². The normalized spacial score (nSPS) is 16.8. The number of fused-ring (bicyclic) bond motifs is 1. The van der Waals surface area contributed by atoms with Crippen molar-refractivity contribution in [2.24, 2.45) is 11.5 Å². The zero-order chi connectivity index (χ0) is 19.7. The third kappa shape index (κ3) is 3.39. The first-order valence-electron chi connectivity index (χ1n) is 9.08. The van der Waals surface area contributed by atoms with E-state index in [1.807, 2.05) is 6.07 Å². The minimum absolute atomic E-state index is 0.225. The summed E-state index contributed by atoms with van der Waals surface area (Å²) in [6, 6.07) is 7.09. The van der Waals surface area contributed by atoms with Gasteiger partial charge in [-0.3, -0.25) is 14.0 Å². The molecular weight excluding hydrogens is 358 g/mol. The maximum absolute atomic E-state index is 11.8. The molecule has 0 aliphatic carbocycles. The van der Waals surface area contributed by atoms with Gasteiger partial charge in [-0.25, -0.2) is 9.97 Å². The number of imidazole rings is 1. The van der Waals surface area contributed by atoms with Crippen molar-refractivity contribution in [3.63, 3.8) is 0 Å². The molecule has 1 saturated heterocycles. The van der Waals surface area contributed by atoms with Gasteiger partial charge in [0.25, 0.3) is 5.91 Å². The molecule has 1 aromatic carbocycles. The van der Waals surface area contributed by atoms with Crippen LogP contribution >= 0.6 is 0 Å². The van der Waals surface area contributed by atoms with Crippen LogP contribution in [0.5, 0.6) is 0 Å². The first-order valence-corrected chi connectivity index (χ1v) is 9.08. The summed E-state index contributed by atoms with van der Waals surface area (Å²) in [6.07, 6.45) is 5.25. The van der Waals surface area contributed by atoms with Gasteiger partial charge in [0.15, 0.2) is 11.5 Å². The summed E-state index contributed by atoms with van der Waals surface area (Å²) in [7, 11) is 0. The Morgan fingerprint density at radius 3 is 2.82 bits per heavy atom. The number of nitrogens with two attached hydrogens (primary N) is 2. The SMILES string of the molecule is NC(=O)c1cccc(-c2cn3c(C(N)=O)cnc(N[C@H]4CCCNC4)c3n2)c1. The molecule has 0 spiro atoms. The van der Waals surface area contributed by atoms with E-state index in [0.29, 0.717) is 28.3 Å². The Bertz CT molecular complexity index is 1050. The Kier molecular flexibility index (Phi) is 4.66. The summed E-state index contributed by atoms with van der Waals surface area (Å²) >= 11 is 0. The standard InChI is InChI=1S/C19H21N7O2/c20-16(27)12-4-1-3-11(7-12)14-10-26-15(17(21)28)9-23-18(19(26)25-14)24-13-5-2-6-22-8-13/h1,3-4,7,9-10,13,22H,2,5-6,8H2,(H2,20,27)(H2,21,28)(H,23,24)/t13-/m0/s1. The average molecular weight is 379 g/mol. The van der Waals surface area contributed by atoms with Crippen molar-refractivity contribution in [2.45, 2.75) is 18.9 Å². The second kappa shape index (κ2) is 7.28. The molecule has 0 bridgehead atoms. The Labute approximate surface area is 161 Å². The van der Waals surface area contributed by atoms with Gasteiger partial charge < -0.3 is 22.1 Å². The van der Waals surface area contributed by atoms with Crippen LogP contribution < -0.4 is 22.1 Å². The number of rotatable bonds is 5. The Balaban J connectivity index is 1.80. The quantitative estimate of drug-likeness (QED) is 0.516. The molecule has 1 aliphatic heterocycles. The zero-order valence-electron chi connectivity index (χ0n) is 15.2. The Morgan fingerprint density at radius 1 is 1.25 bits per heavy atom. The van der Waals surface area contributed by atoms with Crippen LogP contribution in [0.4, 0.5) is 5.82 Å². The van der Waals surface area contributed by atoms with Crippen molar-refractivity contribution in [3.05, 3.63) is 47.9 Å².